The van der Waals surface area contributed by atoms with E-state index in [1.165, 1.54) is 31.6 Å². The number of methoxy groups -OCH3 is 1. The van der Waals surface area contributed by atoms with Crippen LogP contribution in [0, 0.1) is 11.8 Å². The molecule has 0 radical (unpaired) electrons. The van der Waals surface area contributed by atoms with Crippen LogP contribution in [0.25, 0.3) is 22.4 Å². The first kappa shape index (κ1) is 22.4. The molecule has 34 heavy (non-hydrogen) atoms. The van der Waals surface area contributed by atoms with Crippen LogP contribution >= 0.6 is 0 Å². The number of pyridine rings is 1. The second-order valence-corrected chi connectivity index (χ2v) is 8.74. The summed E-state index contributed by atoms with van der Waals surface area (Å²) in [6.45, 7) is 0. The zero-order valence-corrected chi connectivity index (χ0v) is 18.7. The number of anilines is 1. The number of aromatic hydroxyl groups is 1. The van der Waals surface area contributed by atoms with Gasteiger partial charge in [-0.3, -0.25) is 4.98 Å². The number of phenols is 1. The number of benzene rings is 1. The Morgan fingerprint density at radius 2 is 1.91 bits per heavy atom. The minimum absolute atomic E-state index is 0.0131. The Morgan fingerprint density at radius 3 is 2.65 bits per heavy atom. The molecule has 3 aromatic rings. The second kappa shape index (κ2) is 8.75. The van der Waals surface area contributed by atoms with Crippen LogP contribution in [-0.2, 0) is 0 Å². The van der Waals surface area contributed by atoms with Gasteiger partial charge in [-0.2, -0.15) is 9.37 Å². The van der Waals surface area contributed by atoms with Crippen LogP contribution in [0.3, 0.4) is 0 Å². The zero-order chi connectivity index (χ0) is 24.0. The average molecular weight is 471 g/mol. The first-order valence-corrected chi connectivity index (χ1v) is 11.0. The van der Waals surface area contributed by atoms with E-state index in [1.807, 2.05) is 0 Å². The monoisotopic (exact) mass is 471 g/mol. The number of nitrogens with zero attached hydrogens (tertiary/aromatic N) is 4. The summed E-state index contributed by atoms with van der Waals surface area (Å²) in [5.41, 5.74) is 0.539. The lowest BCUT2D eigenvalue weighted by Crippen LogP contribution is -2.55. The predicted octanol–water partition coefficient (Wildman–Crippen LogP) is 3.87. The van der Waals surface area contributed by atoms with Crippen molar-refractivity contribution in [2.45, 2.75) is 43.6 Å². The van der Waals surface area contributed by atoms with Crippen LogP contribution in [0.2, 0.25) is 0 Å². The summed E-state index contributed by atoms with van der Waals surface area (Å²) in [5.74, 6) is -1.29. The van der Waals surface area contributed by atoms with E-state index in [4.69, 9.17) is 4.74 Å². The lowest BCUT2D eigenvalue weighted by molar-refractivity contribution is 0.176. The van der Waals surface area contributed by atoms with Crippen LogP contribution in [0.15, 0.2) is 36.7 Å². The van der Waals surface area contributed by atoms with E-state index in [0.29, 0.717) is 18.3 Å². The first-order chi connectivity index (χ1) is 16.3. The molecule has 0 amide bonds. The molecular weight excluding hydrogens is 447 g/mol. The Labute approximate surface area is 194 Å². The summed E-state index contributed by atoms with van der Waals surface area (Å²) in [6, 6.07) is 4.60. The fraction of sp³-hybridized carbons (Fsp3) is 0.375. The molecule has 0 aliphatic carbocycles. The number of alkyl halides is 1. The zero-order valence-electron chi connectivity index (χ0n) is 18.7. The van der Waals surface area contributed by atoms with E-state index >= 15 is 0 Å². The summed E-state index contributed by atoms with van der Waals surface area (Å²) in [6.07, 6.45) is 4.39. The van der Waals surface area contributed by atoms with Crippen molar-refractivity contribution in [2.24, 2.45) is 0 Å². The van der Waals surface area contributed by atoms with Gasteiger partial charge in [0.05, 0.1) is 31.2 Å². The second-order valence-electron chi connectivity index (χ2n) is 8.74. The Morgan fingerprint density at radius 1 is 1.09 bits per heavy atom. The molecule has 178 valence electrons. The van der Waals surface area contributed by atoms with Crippen LogP contribution < -0.4 is 15.0 Å². The predicted molar refractivity (Wildman–Crippen MR) is 120 cm³/mol. The molecule has 5 rings (SSSR count). The van der Waals surface area contributed by atoms with Gasteiger partial charge in [-0.25, -0.2) is 13.8 Å². The summed E-state index contributed by atoms with van der Waals surface area (Å²) in [7, 11) is 3.12. The number of nitrogens with one attached hydrogen (secondary N) is 1. The molecule has 2 bridgehead atoms. The summed E-state index contributed by atoms with van der Waals surface area (Å²) < 4.78 is 48.5. The van der Waals surface area contributed by atoms with Gasteiger partial charge in [0.1, 0.15) is 23.6 Å². The van der Waals surface area contributed by atoms with E-state index in [2.05, 4.69) is 20.3 Å². The minimum Gasteiger partial charge on any atom is -0.507 e. The third-order valence-electron chi connectivity index (χ3n) is 6.70. The van der Waals surface area contributed by atoms with Crippen molar-refractivity contribution in [1.29, 1.82) is 0 Å². The molecule has 7 nitrogen and oxygen atoms in total. The van der Waals surface area contributed by atoms with Crippen LogP contribution in [0.4, 0.5) is 19.0 Å². The highest BCUT2D eigenvalue weighted by Crippen LogP contribution is 2.37. The highest BCUT2D eigenvalue weighted by Gasteiger charge is 2.43. The number of aromatic nitrogens is 3. The maximum atomic E-state index is 14.9. The lowest BCUT2D eigenvalue weighted by atomic mass is 9.96. The molecule has 0 spiro atoms. The molecule has 2 unspecified atom stereocenters. The molecule has 0 saturated carbocycles. The van der Waals surface area contributed by atoms with Crippen molar-refractivity contribution in [2.75, 3.05) is 19.1 Å². The van der Waals surface area contributed by atoms with Gasteiger partial charge in [-0.05, 0) is 37.0 Å². The van der Waals surface area contributed by atoms with Crippen LogP contribution in [-0.4, -0.2) is 58.5 Å². The fourth-order valence-corrected chi connectivity index (χ4v) is 4.88. The Bertz CT molecular complexity index is 1210. The largest absolute Gasteiger partial charge is 0.507 e. The molecule has 10 heteroatoms. The third-order valence-corrected chi connectivity index (χ3v) is 6.70. The maximum Gasteiger partial charge on any atom is 0.216 e. The molecule has 2 aliphatic heterocycles. The lowest BCUT2D eigenvalue weighted by Gasteiger charge is -2.38. The molecule has 2 saturated heterocycles. The van der Waals surface area contributed by atoms with E-state index in [0.717, 1.165) is 25.0 Å². The normalized spacial score (nSPS) is 23.7. The van der Waals surface area contributed by atoms with Crippen molar-refractivity contribution in [3.8, 4) is 34.0 Å². The fourth-order valence-electron chi connectivity index (χ4n) is 4.88. The molecular formula is C24H24F3N5O2. The number of halogens is 3. The van der Waals surface area contributed by atoms with E-state index in [-0.39, 0.29) is 46.1 Å². The third kappa shape index (κ3) is 4.02. The number of ether oxygens (including phenoxy) is 1. The molecule has 2 aliphatic rings. The van der Waals surface area contributed by atoms with E-state index < -0.39 is 17.9 Å². The number of rotatable bonds is 5. The average Bonchev–Trinajstić information content (AvgIpc) is 3.25. The molecule has 4 heterocycles. The number of hydrogen-bond donors (Lipinski definition) is 2. The topological polar surface area (TPSA) is 83.4 Å². The Balaban J connectivity index is 1.40. The highest BCUT2D eigenvalue weighted by molar-refractivity contribution is 5.75. The highest BCUT2D eigenvalue weighted by atomic mass is 19.1. The van der Waals surface area contributed by atoms with Crippen molar-refractivity contribution in [1.82, 2.24) is 20.3 Å². The summed E-state index contributed by atoms with van der Waals surface area (Å²) >= 11 is 0. The van der Waals surface area contributed by atoms with Gasteiger partial charge in [0, 0.05) is 42.4 Å². The van der Waals surface area contributed by atoms with Gasteiger partial charge in [0.25, 0.3) is 0 Å². The number of phenolic OH excluding ortho intramolecular Hbond substituents is 1. The molecule has 2 fully saturated rings. The van der Waals surface area contributed by atoms with Crippen LogP contribution in [0.5, 0.6) is 11.6 Å². The number of piperidine rings is 1. The first-order valence-electron chi connectivity index (χ1n) is 11.0. The van der Waals surface area contributed by atoms with Crippen LogP contribution in [0.1, 0.15) is 19.3 Å². The summed E-state index contributed by atoms with van der Waals surface area (Å²) in [5, 5.41) is 13.9. The SMILES string of the molecule is COc1cc(-c2cc(O)c(-c3cnc(N(C)C4C[C@H]5CC[C@H](N5)C4F)cn3)cc2F)cc(F)n1. The van der Waals surface area contributed by atoms with Crippen molar-refractivity contribution in [3.05, 3.63) is 48.4 Å². The van der Waals surface area contributed by atoms with Crippen molar-refractivity contribution < 1.29 is 23.0 Å². The smallest absolute Gasteiger partial charge is 0.216 e. The molecule has 2 aromatic heterocycles. The van der Waals surface area contributed by atoms with E-state index in [1.54, 1.807) is 11.9 Å². The van der Waals surface area contributed by atoms with Gasteiger partial charge >= 0.3 is 0 Å². The number of fused-ring (bicyclic) bond motifs is 2. The van der Waals surface area contributed by atoms with Crippen molar-refractivity contribution in [3.63, 3.8) is 0 Å². The van der Waals surface area contributed by atoms with Gasteiger partial charge in [-0.15, -0.1) is 0 Å². The Kier molecular flexibility index (Phi) is 5.76. The minimum atomic E-state index is -1.01. The standard InChI is InChI=1S/C24H24F3N5O2/c1-32(19-7-13-3-4-17(30-13)24(19)27)22-11-28-18(10-29-22)15-8-16(25)14(9-20(15)33)12-5-21(26)31-23(6-12)34-2/h5-6,8-11,13,17,19,24,30,33H,3-4,7H2,1-2H3/t13-,17+,19?,24?/m1/s1. The van der Waals surface area contributed by atoms with E-state index in [9.17, 15) is 18.3 Å². The maximum absolute atomic E-state index is 14.9. The van der Waals surface area contributed by atoms with Gasteiger partial charge < -0.3 is 20.1 Å². The molecule has 4 atom stereocenters. The van der Waals surface area contributed by atoms with Gasteiger partial charge in [-0.1, -0.05) is 0 Å². The van der Waals surface area contributed by atoms with Crippen molar-refractivity contribution >= 4 is 5.82 Å². The molecule has 2 N–H and O–H groups in total. The number of hydrogen-bond acceptors (Lipinski definition) is 7. The summed E-state index contributed by atoms with van der Waals surface area (Å²) in [4.78, 5) is 14.1. The van der Waals surface area contributed by atoms with Gasteiger partial charge in [0.15, 0.2) is 0 Å². The Hall–Kier alpha value is -3.40. The quantitative estimate of drug-likeness (QED) is 0.547. The van der Waals surface area contributed by atoms with Gasteiger partial charge in [0.2, 0.25) is 11.8 Å². The molecule has 1 aromatic carbocycles.